The molecule has 0 aliphatic carbocycles. The zero-order valence-corrected chi connectivity index (χ0v) is 10.6. The van der Waals surface area contributed by atoms with Crippen LogP contribution in [0.1, 0.15) is 12.5 Å². The van der Waals surface area contributed by atoms with Gasteiger partial charge in [0.25, 0.3) is 0 Å². The van der Waals surface area contributed by atoms with E-state index in [2.05, 4.69) is 14.9 Å². The number of alkyl halides is 3. The fourth-order valence-corrected chi connectivity index (χ4v) is 2.08. The van der Waals surface area contributed by atoms with Gasteiger partial charge in [0.2, 0.25) is 10.0 Å². The first kappa shape index (κ1) is 13.7. The number of benzene rings is 1. The van der Waals surface area contributed by atoms with Crippen LogP contribution in [-0.2, 0) is 16.2 Å². The lowest BCUT2D eigenvalue weighted by Gasteiger charge is -2.07. The molecule has 0 aliphatic heterocycles. The van der Waals surface area contributed by atoms with Crippen LogP contribution in [0.15, 0.2) is 18.2 Å². The Morgan fingerprint density at radius 3 is 2.63 bits per heavy atom. The Balaban J connectivity index is 2.52. The number of rotatable bonds is 3. The van der Waals surface area contributed by atoms with Gasteiger partial charge in [0.1, 0.15) is 0 Å². The van der Waals surface area contributed by atoms with Gasteiger partial charge in [-0.1, -0.05) is 0 Å². The van der Waals surface area contributed by atoms with E-state index in [-0.39, 0.29) is 17.0 Å². The molecule has 0 amide bonds. The van der Waals surface area contributed by atoms with E-state index in [1.165, 1.54) is 13.0 Å². The van der Waals surface area contributed by atoms with Gasteiger partial charge in [0.15, 0.2) is 5.82 Å². The number of halogens is 3. The van der Waals surface area contributed by atoms with E-state index in [0.717, 1.165) is 12.1 Å². The van der Waals surface area contributed by atoms with Crippen LogP contribution in [0.25, 0.3) is 10.9 Å². The number of nitrogens with one attached hydrogen (secondary N) is 2. The van der Waals surface area contributed by atoms with E-state index in [9.17, 15) is 21.6 Å². The molecular weight excluding hydrogens is 283 g/mol. The standard InChI is InChI=1S/C10H10F3N3O2S/c1-2-19(17,18)16-9-7-5-6(10(11,12)13)3-4-8(7)14-15-9/h3-5H,2H2,1H3,(H2,14,15,16). The Kier molecular flexibility index (Phi) is 3.17. The molecule has 0 unspecified atom stereocenters. The molecule has 2 aromatic rings. The average Bonchev–Trinajstić information content (AvgIpc) is 2.70. The van der Waals surface area contributed by atoms with Gasteiger partial charge in [-0.3, -0.25) is 9.82 Å². The van der Waals surface area contributed by atoms with Gasteiger partial charge < -0.3 is 0 Å². The van der Waals surface area contributed by atoms with Crippen molar-refractivity contribution in [1.29, 1.82) is 0 Å². The number of anilines is 1. The van der Waals surface area contributed by atoms with E-state index < -0.39 is 21.8 Å². The maximum Gasteiger partial charge on any atom is 0.416 e. The first-order chi connectivity index (χ1) is 8.73. The third-order valence-corrected chi connectivity index (χ3v) is 3.79. The summed E-state index contributed by atoms with van der Waals surface area (Å²) >= 11 is 0. The van der Waals surface area contributed by atoms with Crippen LogP contribution in [0.2, 0.25) is 0 Å². The Morgan fingerprint density at radius 1 is 1.37 bits per heavy atom. The first-order valence-corrected chi connectivity index (χ1v) is 6.94. The van der Waals surface area contributed by atoms with Crippen molar-refractivity contribution in [3.63, 3.8) is 0 Å². The minimum atomic E-state index is -4.49. The van der Waals surface area contributed by atoms with Crippen molar-refractivity contribution in [2.24, 2.45) is 0 Å². The quantitative estimate of drug-likeness (QED) is 0.912. The predicted octanol–water partition coefficient (Wildman–Crippen LogP) is 2.34. The van der Waals surface area contributed by atoms with Crippen molar-refractivity contribution in [3.05, 3.63) is 23.8 Å². The second-order valence-electron chi connectivity index (χ2n) is 3.84. The number of fused-ring (bicyclic) bond motifs is 1. The summed E-state index contributed by atoms with van der Waals surface area (Å²) < 4.78 is 62.7. The lowest BCUT2D eigenvalue weighted by molar-refractivity contribution is -0.137. The van der Waals surface area contributed by atoms with E-state index in [4.69, 9.17) is 0 Å². The summed E-state index contributed by atoms with van der Waals surface area (Å²) in [5, 5.41) is 6.21. The summed E-state index contributed by atoms with van der Waals surface area (Å²) in [5.74, 6) is -0.330. The molecule has 2 rings (SSSR count). The third-order valence-electron chi connectivity index (χ3n) is 2.52. The maximum absolute atomic E-state index is 12.6. The summed E-state index contributed by atoms with van der Waals surface area (Å²) in [6.07, 6.45) is -4.49. The number of aromatic amines is 1. The van der Waals surface area contributed by atoms with E-state index in [0.29, 0.717) is 5.52 Å². The highest BCUT2D eigenvalue weighted by molar-refractivity contribution is 7.92. The predicted molar refractivity (Wildman–Crippen MR) is 64.2 cm³/mol. The van der Waals surface area contributed by atoms with Crippen molar-refractivity contribution < 1.29 is 21.6 Å². The van der Waals surface area contributed by atoms with Crippen LogP contribution in [0.4, 0.5) is 19.0 Å². The lowest BCUT2D eigenvalue weighted by Crippen LogP contribution is -2.15. The van der Waals surface area contributed by atoms with Gasteiger partial charge in [-0.2, -0.15) is 18.3 Å². The Hall–Kier alpha value is -1.77. The second-order valence-corrected chi connectivity index (χ2v) is 5.85. The minimum Gasteiger partial charge on any atom is -0.276 e. The van der Waals surface area contributed by atoms with Crippen molar-refractivity contribution in [2.45, 2.75) is 13.1 Å². The molecule has 0 aliphatic rings. The molecule has 1 aromatic carbocycles. The molecule has 0 fully saturated rings. The molecule has 0 saturated heterocycles. The fraction of sp³-hybridized carbons (Fsp3) is 0.300. The Morgan fingerprint density at radius 2 is 2.05 bits per heavy atom. The molecule has 9 heteroatoms. The second kappa shape index (κ2) is 4.41. The zero-order valence-electron chi connectivity index (χ0n) is 9.75. The van der Waals surface area contributed by atoms with Crippen molar-refractivity contribution in [3.8, 4) is 0 Å². The fourth-order valence-electron chi connectivity index (χ4n) is 1.49. The first-order valence-electron chi connectivity index (χ1n) is 5.29. The van der Waals surface area contributed by atoms with E-state index >= 15 is 0 Å². The van der Waals surface area contributed by atoms with Crippen LogP contribution < -0.4 is 4.72 Å². The van der Waals surface area contributed by atoms with Crippen molar-refractivity contribution in [2.75, 3.05) is 10.5 Å². The smallest absolute Gasteiger partial charge is 0.276 e. The summed E-state index contributed by atoms with van der Waals surface area (Å²) in [7, 11) is -3.60. The molecule has 0 bridgehead atoms. The number of sulfonamides is 1. The monoisotopic (exact) mass is 293 g/mol. The van der Waals surface area contributed by atoms with Gasteiger partial charge >= 0.3 is 6.18 Å². The van der Waals surface area contributed by atoms with Crippen LogP contribution in [0, 0.1) is 0 Å². The summed E-state index contributed by atoms with van der Waals surface area (Å²) in [5.41, 5.74) is -0.542. The molecule has 0 atom stereocenters. The molecule has 104 valence electrons. The van der Waals surface area contributed by atoms with Gasteiger partial charge in [-0.25, -0.2) is 8.42 Å². The molecule has 19 heavy (non-hydrogen) atoms. The molecule has 5 nitrogen and oxygen atoms in total. The number of aromatic nitrogens is 2. The molecule has 1 aromatic heterocycles. The maximum atomic E-state index is 12.6. The molecular formula is C10H10F3N3O2S. The van der Waals surface area contributed by atoms with Gasteiger partial charge in [-0.15, -0.1) is 0 Å². The van der Waals surface area contributed by atoms with Crippen molar-refractivity contribution in [1.82, 2.24) is 10.2 Å². The summed E-state index contributed by atoms with van der Waals surface area (Å²) in [4.78, 5) is 0. The molecule has 1 heterocycles. The third kappa shape index (κ3) is 2.80. The number of nitrogens with zero attached hydrogens (tertiary/aromatic N) is 1. The minimum absolute atomic E-state index is 0.0758. The SMILES string of the molecule is CCS(=O)(=O)Nc1n[nH]c2ccc(C(F)(F)F)cc12. The highest BCUT2D eigenvalue weighted by atomic mass is 32.2. The van der Waals surface area contributed by atoms with Crippen LogP contribution in [0.5, 0.6) is 0 Å². The normalized spacial score (nSPS) is 12.8. The zero-order chi connectivity index (χ0) is 14.3. The van der Waals surface area contributed by atoms with E-state index in [1.807, 2.05) is 0 Å². The Bertz CT molecular complexity index is 706. The van der Waals surface area contributed by atoms with Crippen LogP contribution in [0.3, 0.4) is 0 Å². The molecule has 0 saturated carbocycles. The Labute approximate surface area is 106 Å². The van der Waals surface area contributed by atoms with Crippen molar-refractivity contribution >= 4 is 26.7 Å². The summed E-state index contributed by atoms with van der Waals surface area (Å²) in [6.45, 7) is 1.42. The van der Waals surface area contributed by atoms with Gasteiger partial charge in [-0.05, 0) is 25.1 Å². The molecule has 2 N–H and O–H groups in total. The largest absolute Gasteiger partial charge is 0.416 e. The van der Waals surface area contributed by atoms with Gasteiger partial charge in [0.05, 0.1) is 16.8 Å². The van der Waals surface area contributed by atoms with Crippen LogP contribution >= 0.6 is 0 Å². The highest BCUT2D eigenvalue weighted by Crippen LogP contribution is 2.32. The topological polar surface area (TPSA) is 74.8 Å². The number of H-pyrrole nitrogens is 1. The highest BCUT2D eigenvalue weighted by Gasteiger charge is 2.31. The number of hydrogen-bond donors (Lipinski definition) is 2. The van der Waals surface area contributed by atoms with Crippen LogP contribution in [-0.4, -0.2) is 24.4 Å². The lowest BCUT2D eigenvalue weighted by atomic mass is 10.1. The molecule has 0 spiro atoms. The summed E-state index contributed by atoms with van der Waals surface area (Å²) in [6, 6.07) is 2.96. The molecule has 0 radical (unpaired) electrons. The van der Waals surface area contributed by atoms with Gasteiger partial charge in [0, 0.05) is 5.39 Å². The van der Waals surface area contributed by atoms with E-state index in [1.54, 1.807) is 0 Å². The average molecular weight is 293 g/mol. The number of hydrogen-bond acceptors (Lipinski definition) is 3.